The Balaban J connectivity index is 1.20. The molecule has 1 saturated heterocycles. The molecule has 0 spiro atoms. The first-order valence-electron chi connectivity index (χ1n) is 12.8. The summed E-state index contributed by atoms with van der Waals surface area (Å²) in [5.41, 5.74) is -0.0789. The van der Waals surface area contributed by atoms with Crippen molar-refractivity contribution in [3.63, 3.8) is 0 Å². The number of anilines is 2. The van der Waals surface area contributed by atoms with Crippen LogP contribution in [0.3, 0.4) is 0 Å². The number of amides is 1. The van der Waals surface area contributed by atoms with Crippen LogP contribution in [-0.4, -0.2) is 50.1 Å². The van der Waals surface area contributed by atoms with E-state index in [4.69, 9.17) is 9.47 Å². The Labute approximate surface area is 231 Å². The Kier molecular flexibility index (Phi) is 7.08. The SMILES string of the molecule is O=C(Nc1ccc(Oc2ccnc3[nH]nc(NC4CCOCC4)c23)c(F)c1)c1ccnn(-c2ccc(F)cc2)c1=O. The van der Waals surface area contributed by atoms with Crippen LogP contribution >= 0.6 is 0 Å². The Bertz CT molecular complexity index is 1780. The maximum Gasteiger partial charge on any atom is 0.284 e. The number of nitrogens with zero attached hydrogens (tertiary/aromatic N) is 4. The number of hydrogen-bond donors (Lipinski definition) is 3. The second-order valence-corrected chi connectivity index (χ2v) is 9.28. The van der Waals surface area contributed by atoms with Gasteiger partial charge in [-0.05, 0) is 55.3 Å². The number of carbonyl (C=O) groups is 1. The van der Waals surface area contributed by atoms with Gasteiger partial charge in [-0.25, -0.2) is 13.8 Å². The molecule has 0 radical (unpaired) electrons. The predicted octanol–water partition coefficient (Wildman–Crippen LogP) is 4.42. The summed E-state index contributed by atoms with van der Waals surface area (Å²) in [6.07, 6.45) is 4.44. The highest BCUT2D eigenvalue weighted by Crippen LogP contribution is 2.35. The highest BCUT2D eigenvalue weighted by molar-refractivity contribution is 6.04. The number of aromatic nitrogens is 5. The van der Waals surface area contributed by atoms with Crippen LogP contribution in [0, 0.1) is 11.6 Å². The van der Waals surface area contributed by atoms with Gasteiger partial charge in [-0.3, -0.25) is 14.7 Å². The van der Waals surface area contributed by atoms with Gasteiger partial charge in [0.1, 0.15) is 22.5 Å². The molecule has 11 nitrogen and oxygen atoms in total. The fraction of sp³-hybridized carbons (Fsp3) is 0.179. The van der Waals surface area contributed by atoms with Crippen LogP contribution in [0.25, 0.3) is 16.7 Å². The minimum absolute atomic E-state index is 0.0868. The van der Waals surface area contributed by atoms with Gasteiger partial charge in [0, 0.05) is 49.5 Å². The van der Waals surface area contributed by atoms with Gasteiger partial charge in [0.15, 0.2) is 23.0 Å². The Morgan fingerprint density at radius 2 is 1.83 bits per heavy atom. The van der Waals surface area contributed by atoms with Crippen LogP contribution < -0.4 is 20.9 Å². The average molecular weight is 560 g/mol. The maximum absolute atomic E-state index is 15.1. The van der Waals surface area contributed by atoms with E-state index >= 15 is 4.39 Å². The summed E-state index contributed by atoms with van der Waals surface area (Å²) in [7, 11) is 0. The number of ether oxygens (including phenoxy) is 2. The number of fused-ring (bicyclic) bond motifs is 1. The molecule has 0 saturated carbocycles. The Morgan fingerprint density at radius 3 is 2.61 bits per heavy atom. The van der Waals surface area contributed by atoms with Crippen molar-refractivity contribution < 1.29 is 23.0 Å². The van der Waals surface area contributed by atoms with Gasteiger partial charge in [0.2, 0.25) is 0 Å². The highest BCUT2D eigenvalue weighted by Gasteiger charge is 2.20. The first-order valence-corrected chi connectivity index (χ1v) is 12.8. The van der Waals surface area contributed by atoms with Crippen LogP contribution in [0.15, 0.2) is 71.8 Å². The van der Waals surface area contributed by atoms with E-state index in [-0.39, 0.29) is 28.7 Å². The van der Waals surface area contributed by atoms with E-state index < -0.39 is 23.1 Å². The summed E-state index contributed by atoms with van der Waals surface area (Å²) < 4.78 is 40.7. The molecular formula is C28H23F2N7O4. The molecule has 1 aliphatic heterocycles. The zero-order chi connectivity index (χ0) is 28.3. The van der Waals surface area contributed by atoms with Gasteiger partial charge >= 0.3 is 0 Å². The van der Waals surface area contributed by atoms with E-state index in [9.17, 15) is 14.0 Å². The number of benzene rings is 2. The van der Waals surface area contributed by atoms with Crippen molar-refractivity contribution in [1.29, 1.82) is 0 Å². The maximum atomic E-state index is 15.1. The van der Waals surface area contributed by atoms with E-state index in [0.717, 1.165) is 23.6 Å². The summed E-state index contributed by atoms with van der Waals surface area (Å²) >= 11 is 0. The topological polar surface area (TPSA) is 136 Å². The third-order valence-electron chi connectivity index (χ3n) is 6.56. The van der Waals surface area contributed by atoms with Crippen LogP contribution in [0.2, 0.25) is 0 Å². The van der Waals surface area contributed by atoms with Crippen molar-refractivity contribution >= 4 is 28.4 Å². The molecule has 2 aromatic carbocycles. The number of pyridine rings is 1. The predicted molar refractivity (Wildman–Crippen MR) is 146 cm³/mol. The number of H-pyrrole nitrogens is 1. The monoisotopic (exact) mass is 559 g/mol. The lowest BCUT2D eigenvalue weighted by atomic mass is 10.1. The lowest BCUT2D eigenvalue weighted by Gasteiger charge is -2.23. The standard InChI is InChI=1S/C28H23F2N7O4/c29-16-1-4-19(5-2-16)37-28(39)20(7-12-32-37)27(38)34-18-3-6-22(21(30)15-18)41-23-8-11-31-25-24(23)26(36-35-25)33-17-9-13-40-14-10-17/h1-8,11-12,15,17H,9-10,13-14H2,(H,34,38)(H2,31,33,35,36). The smallest absolute Gasteiger partial charge is 0.284 e. The molecule has 0 bridgehead atoms. The van der Waals surface area contributed by atoms with Crippen molar-refractivity contribution in [3.8, 4) is 17.2 Å². The lowest BCUT2D eigenvalue weighted by molar-refractivity contribution is 0.0904. The molecular weight excluding hydrogens is 536 g/mol. The lowest BCUT2D eigenvalue weighted by Crippen LogP contribution is -2.29. The van der Waals surface area contributed by atoms with Crippen molar-refractivity contribution in [2.45, 2.75) is 18.9 Å². The van der Waals surface area contributed by atoms with Crippen LogP contribution in [0.5, 0.6) is 11.5 Å². The van der Waals surface area contributed by atoms with Crippen molar-refractivity contribution in [3.05, 3.63) is 94.5 Å². The van der Waals surface area contributed by atoms with E-state index in [1.54, 1.807) is 6.07 Å². The fourth-order valence-electron chi connectivity index (χ4n) is 4.48. The van der Waals surface area contributed by atoms with Crippen LogP contribution in [-0.2, 0) is 4.74 Å². The number of hydrogen-bond acceptors (Lipinski definition) is 8. The molecule has 6 rings (SSSR count). The molecule has 0 unspecified atom stereocenters. The summed E-state index contributed by atoms with van der Waals surface area (Å²) in [6.45, 7) is 1.31. The van der Waals surface area contributed by atoms with Crippen LogP contribution in [0.1, 0.15) is 23.2 Å². The zero-order valence-electron chi connectivity index (χ0n) is 21.4. The van der Waals surface area contributed by atoms with E-state index in [2.05, 4.69) is 30.9 Å². The molecule has 13 heteroatoms. The molecule has 3 aromatic heterocycles. The molecule has 3 N–H and O–H groups in total. The van der Waals surface area contributed by atoms with Crippen LogP contribution in [0.4, 0.5) is 20.3 Å². The second kappa shape index (κ2) is 11.1. The molecule has 208 valence electrons. The number of rotatable bonds is 7. The zero-order valence-corrected chi connectivity index (χ0v) is 21.4. The largest absolute Gasteiger partial charge is 0.453 e. The van der Waals surface area contributed by atoms with Gasteiger partial charge in [-0.2, -0.15) is 14.9 Å². The number of halogens is 2. The van der Waals surface area contributed by atoms with E-state index in [0.29, 0.717) is 35.8 Å². The highest BCUT2D eigenvalue weighted by atomic mass is 19.1. The van der Waals surface area contributed by atoms with Crippen molar-refractivity contribution in [2.24, 2.45) is 0 Å². The molecule has 5 aromatic rings. The average Bonchev–Trinajstić information content (AvgIpc) is 3.39. The molecule has 4 heterocycles. The van der Waals surface area contributed by atoms with Crippen molar-refractivity contribution in [2.75, 3.05) is 23.8 Å². The molecule has 0 atom stereocenters. The quantitative estimate of drug-likeness (QED) is 0.267. The van der Waals surface area contributed by atoms with Crippen molar-refractivity contribution in [1.82, 2.24) is 25.0 Å². The molecule has 0 aliphatic carbocycles. The molecule has 41 heavy (non-hydrogen) atoms. The van der Waals surface area contributed by atoms with Gasteiger partial charge in [0.25, 0.3) is 11.5 Å². The Morgan fingerprint density at radius 1 is 1.02 bits per heavy atom. The molecule has 1 aliphatic rings. The Hall–Kier alpha value is -5.17. The first-order chi connectivity index (χ1) is 20.0. The van der Waals surface area contributed by atoms with Gasteiger partial charge in [-0.15, -0.1) is 0 Å². The number of carbonyl (C=O) groups excluding carboxylic acids is 1. The summed E-state index contributed by atoms with van der Waals surface area (Å²) in [6, 6.07) is 12.0. The number of aromatic amines is 1. The van der Waals surface area contributed by atoms with E-state index in [1.807, 2.05) is 0 Å². The summed E-state index contributed by atoms with van der Waals surface area (Å²) in [5, 5.41) is 17.6. The minimum atomic E-state index is -0.764. The van der Waals surface area contributed by atoms with Gasteiger partial charge in [0.05, 0.1) is 5.69 Å². The van der Waals surface area contributed by atoms with Gasteiger partial charge in [-0.1, -0.05) is 0 Å². The molecule has 1 fully saturated rings. The second-order valence-electron chi connectivity index (χ2n) is 9.28. The minimum Gasteiger partial charge on any atom is -0.453 e. The first kappa shape index (κ1) is 26.1. The number of nitrogens with one attached hydrogen (secondary N) is 3. The molecule has 1 amide bonds. The normalized spacial score (nSPS) is 13.7. The van der Waals surface area contributed by atoms with E-state index in [1.165, 1.54) is 54.9 Å². The fourth-order valence-corrected chi connectivity index (χ4v) is 4.48. The summed E-state index contributed by atoms with van der Waals surface area (Å²) in [4.78, 5) is 30.0. The third kappa shape index (κ3) is 5.47. The van der Waals surface area contributed by atoms with Gasteiger partial charge < -0.3 is 20.1 Å². The summed E-state index contributed by atoms with van der Waals surface area (Å²) in [5.74, 6) is -1.19. The third-order valence-corrected chi connectivity index (χ3v) is 6.56.